The summed E-state index contributed by atoms with van der Waals surface area (Å²) in [6.07, 6.45) is 0.665. The summed E-state index contributed by atoms with van der Waals surface area (Å²) in [6.45, 7) is 2.44. The van der Waals surface area contributed by atoms with E-state index in [1.54, 1.807) is 19.4 Å². The number of rotatable bonds is 8. The zero-order valence-electron chi connectivity index (χ0n) is 14.4. The predicted octanol–water partition coefficient (Wildman–Crippen LogP) is 1.96. The third-order valence-corrected chi connectivity index (χ3v) is 4.02. The molecule has 4 nitrogen and oxygen atoms in total. The van der Waals surface area contributed by atoms with Crippen molar-refractivity contribution in [2.24, 2.45) is 0 Å². The number of amides is 1. The molecule has 0 heterocycles. The van der Waals surface area contributed by atoms with Crippen LogP contribution in [0.4, 0.5) is 8.78 Å². The van der Waals surface area contributed by atoms with Crippen LogP contribution in [0.1, 0.15) is 24.1 Å². The molecule has 3 N–H and O–H groups in total. The Morgan fingerprint density at radius 1 is 1.24 bits per heavy atom. The number of nitrogens with two attached hydrogens (primary N) is 1. The van der Waals surface area contributed by atoms with Gasteiger partial charge in [-0.25, -0.2) is 8.78 Å². The van der Waals surface area contributed by atoms with Gasteiger partial charge in [-0.2, -0.15) is 0 Å². The summed E-state index contributed by atoms with van der Waals surface area (Å²) in [5.41, 5.74) is 1.40. The quantitative estimate of drug-likeness (QED) is 0.765. The zero-order valence-corrected chi connectivity index (χ0v) is 14.4. The standard InChI is InChI=1S/C19H22F2N2O2/c1-13(16-8-7-15(20)11-17(16)21)23-12-19(24)22-10-9-14-5-3-4-6-18(14)25-2/h3-8,11,13,23H,9-10,12H2,1-2H3,(H,22,24)/p+1/t13-/m1/s1. The summed E-state index contributed by atoms with van der Waals surface area (Å²) in [4.78, 5) is 11.9. The van der Waals surface area contributed by atoms with Crippen molar-refractivity contribution in [3.8, 4) is 5.75 Å². The Kier molecular flexibility index (Phi) is 6.89. The lowest BCUT2D eigenvalue weighted by Gasteiger charge is -2.12. The summed E-state index contributed by atoms with van der Waals surface area (Å²) in [5, 5.41) is 4.55. The molecule has 6 heteroatoms. The van der Waals surface area contributed by atoms with Crippen molar-refractivity contribution >= 4 is 5.91 Å². The number of para-hydroxylation sites is 1. The van der Waals surface area contributed by atoms with E-state index in [0.29, 0.717) is 18.5 Å². The maximum atomic E-state index is 13.7. The van der Waals surface area contributed by atoms with Gasteiger partial charge >= 0.3 is 0 Å². The van der Waals surface area contributed by atoms with E-state index < -0.39 is 11.6 Å². The SMILES string of the molecule is COc1ccccc1CCNC(=O)C[NH2+][C@H](C)c1ccc(F)cc1F. The van der Waals surface area contributed by atoms with Gasteiger partial charge in [-0.15, -0.1) is 0 Å². The first-order valence-electron chi connectivity index (χ1n) is 8.18. The maximum absolute atomic E-state index is 13.7. The Bertz CT molecular complexity index is 722. The topological polar surface area (TPSA) is 54.9 Å². The molecule has 1 atom stereocenters. The van der Waals surface area contributed by atoms with Crippen LogP contribution in [0.3, 0.4) is 0 Å². The van der Waals surface area contributed by atoms with E-state index >= 15 is 0 Å². The fraction of sp³-hybridized carbons (Fsp3) is 0.316. The Balaban J connectivity index is 1.77. The van der Waals surface area contributed by atoms with Crippen molar-refractivity contribution in [3.05, 3.63) is 65.2 Å². The van der Waals surface area contributed by atoms with Crippen molar-refractivity contribution < 1.29 is 23.6 Å². The monoisotopic (exact) mass is 349 g/mol. The summed E-state index contributed by atoms with van der Waals surface area (Å²) in [5.74, 6) is -0.546. The number of quaternary nitrogens is 1. The number of halogens is 2. The van der Waals surface area contributed by atoms with Gasteiger partial charge in [-0.05, 0) is 37.1 Å². The number of carbonyl (C=O) groups is 1. The van der Waals surface area contributed by atoms with Crippen LogP contribution in [-0.4, -0.2) is 26.1 Å². The lowest BCUT2D eigenvalue weighted by molar-refractivity contribution is -0.682. The van der Waals surface area contributed by atoms with Crippen LogP contribution < -0.4 is 15.4 Å². The van der Waals surface area contributed by atoms with Gasteiger partial charge < -0.3 is 15.4 Å². The van der Waals surface area contributed by atoms with Crippen LogP contribution >= 0.6 is 0 Å². The second kappa shape index (κ2) is 9.13. The summed E-state index contributed by atoms with van der Waals surface area (Å²) < 4.78 is 31.9. The fourth-order valence-corrected chi connectivity index (χ4v) is 2.60. The van der Waals surface area contributed by atoms with E-state index in [2.05, 4.69) is 5.32 Å². The molecule has 25 heavy (non-hydrogen) atoms. The Hall–Kier alpha value is -2.47. The molecule has 0 saturated heterocycles. The third-order valence-electron chi connectivity index (χ3n) is 4.02. The van der Waals surface area contributed by atoms with Gasteiger partial charge in [0.05, 0.1) is 7.11 Å². The van der Waals surface area contributed by atoms with E-state index in [4.69, 9.17) is 4.74 Å². The number of hydrogen-bond acceptors (Lipinski definition) is 2. The Morgan fingerprint density at radius 2 is 2.00 bits per heavy atom. The number of benzene rings is 2. The first kappa shape index (κ1) is 18.9. The highest BCUT2D eigenvalue weighted by Crippen LogP contribution is 2.17. The van der Waals surface area contributed by atoms with Gasteiger partial charge in [-0.3, -0.25) is 4.79 Å². The van der Waals surface area contributed by atoms with Gasteiger partial charge in [0, 0.05) is 18.2 Å². The lowest BCUT2D eigenvalue weighted by atomic mass is 10.1. The van der Waals surface area contributed by atoms with Crippen LogP contribution in [0, 0.1) is 11.6 Å². The molecule has 2 rings (SSSR count). The summed E-state index contributed by atoms with van der Waals surface area (Å²) >= 11 is 0. The minimum Gasteiger partial charge on any atom is -0.496 e. The van der Waals surface area contributed by atoms with Gasteiger partial charge in [0.1, 0.15) is 23.4 Å². The number of ether oxygens (including phenoxy) is 1. The van der Waals surface area contributed by atoms with Crippen molar-refractivity contribution in [3.63, 3.8) is 0 Å². The third kappa shape index (κ3) is 5.53. The maximum Gasteiger partial charge on any atom is 0.275 e. The molecule has 1 amide bonds. The molecular weight excluding hydrogens is 326 g/mol. The number of carbonyl (C=O) groups excluding carboxylic acids is 1. The molecule has 0 spiro atoms. The number of hydrogen-bond donors (Lipinski definition) is 2. The highest BCUT2D eigenvalue weighted by atomic mass is 19.1. The molecule has 0 fully saturated rings. The van der Waals surface area contributed by atoms with Gasteiger partial charge in [0.2, 0.25) is 0 Å². The largest absolute Gasteiger partial charge is 0.496 e. The summed E-state index contributed by atoms with van der Waals surface area (Å²) in [6, 6.07) is 10.9. The normalized spacial score (nSPS) is 11.8. The molecule has 0 aliphatic carbocycles. The molecule has 2 aromatic rings. The fourth-order valence-electron chi connectivity index (χ4n) is 2.60. The molecule has 0 aliphatic rings. The first-order valence-corrected chi connectivity index (χ1v) is 8.18. The van der Waals surface area contributed by atoms with Crippen molar-refractivity contribution in [2.75, 3.05) is 20.2 Å². The highest BCUT2D eigenvalue weighted by molar-refractivity contribution is 5.76. The second-order valence-electron chi connectivity index (χ2n) is 5.81. The Labute approximate surface area is 146 Å². The van der Waals surface area contributed by atoms with Gasteiger partial charge in [-0.1, -0.05) is 18.2 Å². The molecule has 0 aromatic heterocycles. The minimum atomic E-state index is -0.609. The molecule has 2 aromatic carbocycles. The molecule has 0 aliphatic heterocycles. The minimum absolute atomic E-state index is 0.135. The van der Waals surface area contributed by atoms with Crippen LogP contribution in [0.15, 0.2) is 42.5 Å². The first-order chi connectivity index (χ1) is 12.0. The van der Waals surface area contributed by atoms with E-state index in [9.17, 15) is 13.6 Å². The van der Waals surface area contributed by atoms with E-state index in [1.807, 2.05) is 24.3 Å². The molecule has 0 saturated carbocycles. The summed E-state index contributed by atoms with van der Waals surface area (Å²) in [7, 11) is 1.61. The van der Waals surface area contributed by atoms with Crippen molar-refractivity contribution in [1.82, 2.24) is 5.32 Å². The predicted molar refractivity (Wildman–Crippen MR) is 91.3 cm³/mol. The molecule has 0 unspecified atom stereocenters. The Morgan fingerprint density at radius 3 is 2.72 bits per heavy atom. The van der Waals surface area contributed by atoms with Gasteiger partial charge in [0.25, 0.3) is 5.91 Å². The van der Waals surface area contributed by atoms with Crippen LogP contribution in [0.25, 0.3) is 0 Å². The van der Waals surface area contributed by atoms with E-state index in [0.717, 1.165) is 17.4 Å². The molecule has 134 valence electrons. The van der Waals surface area contributed by atoms with Crippen LogP contribution in [0.2, 0.25) is 0 Å². The molecule has 0 radical (unpaired) electrons. The number of methoxy groups -OCH3 is 1. The zero-order chi connectivity index (χ0) is 18.2. The smallest absolute Gasteiger partial charge is 0.275 e. The lowest BCUT2D eigenvalue weighted by Crippen LogP contribution is -2.87. The van der Waals surface area contributed by atoms with Gasteiger partial charge in [0.15, 0.2) is 6.54 Å². The average Bonchev–Trinajstić information content (AvgIpc) is 2.60. The van der Waals surface area contributed by atoms with Crippen LogP contribution in [-0.2, 0) is 11.2 Å². The molecule has 0 bridgehead atoms. The van der Waals surface area contributed by atoms with Crippen LogP contribution in [0.5, 0.6) is 5.75 Å². The van der Waals surface area contributed by atoms with E-state index in [-0.39, 0.29) is 18.5 Å². The van der Waals surface area contributed by atoms with Crippen molar-refractivity contribution in [1.29, 1.82) is 0 Å². The number of nitrogens with one attached hydrogen (secondary N) is 1. The molecular formula is C19H23F2N2O2+. The van der Waals surface area contributed by atoms with E-state index in [1.165, 1.54) is 12.1 Å². The van der Waals surface area contributed by atoms with Crippen molar-refractivity contribution in [2.45, 2.75) is 19.4 Å². The highest BCUT2D eigenvalue weighted by Gasteiger charge is 2.16. The second-order valence-corrected chi connectivity index (χ2v) is 5.81. The average molecular weight is 349 g/mol.